The highest BCUT2D eigenvalue weighted by Gasteiger charge is 2.33. The van der Waals surface area contributed by atoms with E-state index in [1.54, 1.807) is 21.6 Å². The van der Waals surface area contributed by atoms with E-state index in [0.29, 0.717) is 64.3 Å². The third-order valence-corrected chi connectivity index (χ3v) is 7.56. The van der Waals surface area contributed by atoms with Crippen LogP contribution in [0.25, 0.3) is 11.7 Å². The van der Waals surface area contributed by atoms with Crippen molar-refractivity contribution in [3.05, 3.63) is 44.7 Å². The molecule has 0 spiro atoms. The minimum absolute atomic E-state index is 0.161. The number of aryl methyl sites for hydroxylation is 1. The first-order valence-corrected chi connectivity index (χ1v) is 13.1. The lowest BCUT2D eigenvalue weighted by atomic mass is 9.91. The van der Waals surface area contributed by atoms with Crippen LogP contribution < -0.4 is 10.5 Å². The number of fused-ring (bicyclic) bond motifs is 1. The molecule has 0 bridgehead atoms. The molecule has 0 aliphatic carbocycles. The maximum Gasteiger partial charge on any atom is 0.267 e. The molecule has 0 N–H and O–H groups in total. The molecule has 2 fully saturated rings. The number of rotatable bonds is 7. The molecule has 1 amide bonds. The van der Waals surface area contributed by atoms with Crippen LogP contribution in [0.5, 0.6) is 0 Å². The highest BCUT2D eigenvalue weighted by molar-refractivity contribution is 8.26. The topological polar surface area (TPSA) is 67.2 Å². The summed E-state index contributed by atoms with van der Waals surface area (Å²) in [6, 6.07) is 3.83. The number of thiocarbonyl (C=S) groups is 1. The fourth-order valence-electron chi connectivity index (χ4n) is 4.74. The summed E-state index contributed by atoms with van der Waals surface area (Å²) in [5.41, 5.74) is 1.85. The van der Waals surface area contributed by atoms with Crippen LogP contribution in [-0.4, -0.2) is 57.4 Å². The Kier molecular flexibility index (Phi) is 7.74. The molecular formula is C25H32N4O3S2. The molecule has 34 heavy (non-hydrogen) atoms. The van der Waals surface area contributed by atoms with Gasteiger partial charge in [0.2, 0.25) is 0 Å². The molecule has 2 aromatic rings. The first kappa shape index (κ1) is 24.9. The lowest BCUT2D eigenvalue weighted by molar-refractivity contribution is -0.122. The third kappa shape index (κ3) is 5.21. The van der Waals surface area contributed by atoms with Crippen LogP contribution >= 0.6 is 24.0 Å². The quantitative estimate of drug-likeness (QED) is 0.322. The van der Waals surface area contributed by atoms with E-state index >= 15 is 0 Å². The van der Waals surface area contributed by atoms with Crippen LogP contribution in [0.3, 0.4) is 0 Å². The summed E-state index contributed by atoms with van der Waals surface area (Å²) >= 11 is 6.73. The Hall–Kier alpha value is -2.23. The lowest BCUT2D eigenvalue weighted by Crippen LogP contribution is -2.40. The number of carbonyl (C=O) groups excluding carboxylic acids is 1. The summed E-state index contributed by atoms with van der Waals surface area (Å²) in [5.74, 6) is 1.48. The van der Waals surface area contributed by atoms with E-state index in [4.69, 9.17) is 21.9 Å². The van der Waals surface area contributed by atoms with Gasteiger partial charge in [-0.15, -0.1) is 0 Å². The van der Waals surface area contributed by atoms with Gasteiger partial charge in [0.15, 0.2) is 0 Å². The van der Waals surface area contributed by atoms with Gasteiger partial charge < -0.3 is 9.64 Å². The molecule has 0 saturated carbocycles. The van der Waals surface area contributed by atoms with Crippen LogP contribution in [0.15, 0.2) is 28.0 Å². The molecule has 0 radical (unpaired) electrons. The largest absolute Gasteiger partial charge is 0.382 e. The number of ether oxygens (including phenoxy) is 1. The predicted molar refractivity (Wildman–Crippen MR) is 142 cm³/mol. The zero-order valence-corrected chi connectivity index (χ0v) is 21.9. The van der Waals surface area contributed by atoms with Gasteiger partial charge in [-0.1, -0.05) is 43.9 Å². The number of pyridine rings is 1. The summed E-state index contributed by atoms with van der Waals surface area (Å²) in [7, 11) is 0. The Bertz CT molecular complexity index is 1180. The number of carbonyl (C=O) groups is 1. The van der Waals surface area contributed by atoms with E-state index in [2.05, 4.69) is 18.7 Å². The van der Waals surface area contributed by atoms with Gasteiger partial charge in [-0.25, -0.2) is 4.98 Å². The fraction of sp³-hybridized carbons (Fsp3) is 0.520. The van der Waals surface area contributed by atoms with Gasteiger partial charge >= 0.3 is 0 Å². The molecule has 2 atom stereocenters. The van der Waals surface area contributed by atoms with Crippen LogP contribution in [0.4, 0.5) is 5.82 Å². The molecule has 2 aromatic heterocycles. The van der Waals surface area contributed by atoms with Gasteiger partial charge in [-0.2, -0.15) is 0 Å². The molecule has 2 aliphatic rings. The van der Waals surface area contributed by atoms with Gasteiger partial charge in [0, 0.05) is 39.0 Å². The van der Waals surface area contributed by atoms with Crippen molar-refractivity contribution in [1.29, 1.82) is 0 Å². The number of thioether (sulfide) groups is 1. The van der Waals surface area contributed by atoms with E-state index in [1.165, 1.54) is 11.8 Å². The Morgan fingerprint density at radius 3 is 2.68 bits per heavy atom. The van der Waals surface area contributed by atoms with Gasteiger partial charge in [-0.3, -0.25) is 18.9 Å². The Morgan fingerprint density at radius 2 is 1.97 bits per heavy atom. The number of hydrogen-bond donors (Lipinski definition) is 0. The summed E-state index contributed by atoms with van der Waals surface area (Å²) < 4.78 is 7.48. The second-order valence-electron chi connectivity index (χ2n) is 9.32. The molecule has 2 aliphatic heterocycles. The zero-order chi connectivity index (χ0) is 24.4. The normalized spacial score (nSPS) is 22.4. The van der Waals surface area contributed by atoms with Crippen LogP contribution in [0.1, 0.15) is 44.7 Å². The second-order valence-corrected chi connectivity index (χ2v) is 11.0. The summed E-state index contributed by atoms with van der Waals surface area (Å²) in [6.45, 7) is 11.7. The van der Waals surface area contributed by atoms with Crippen molar-refractivity contribution in [3.8, 4) is 0 Å². The molecule has 0 aromatic carbocycles. The Labute approximate surface area is 210 Å². The third-order valence-electron chi connectivity index (χ3n) is 6.18. The number of piperidine rings is 1. The first-order valence-electron chi connectivity index (χ1n) is 11.9. The average molecular weight is 501 g/mol. The van der Waals surface area contributed by atoms with Gasteiger partial charge in [0.05, 0.1) is 10.5 Å². The van der Waals surface area contributed by atoms with E-state index < -0.39 is 0 Å². The molecule has 4 heterocycles. The van der Waals surface area contributed by atoms with Gasteiger partial charge in [-0.05, 0) is 56.2 Å². The van der Waals surface area contributed by atoms with Crippen molar-refractivity contribution in [2.45, 2.75) is 40.5 Å². The number of amides is 1. The van der Waals surface area contributed by atoms with E-state index in [9.17, 15) is 9.59 Å². The first-order chi connectivity index (χ1) is 16.3. The number of nitrogens with zero attached hydrogens (tertiary/aromatic N) is 4. The highest BCUT2D eigenvalue weighted by atomic mass is 32.2. The Morgan fingerprint density at radius 1 is 1.24 bits per heavy atom. The van der Waals surface area contributed by atoms with Crippen molar-refractivity contribution in [1.82, 2.24) is 14.3 Å². The molecule has 182 valence electrons. The molecule has 9 heteroatoms. The van der Waals surface area contributed by atoms with Gasteiger partial charge in [0.1, 0.15) is 15.8 Å². The average Bonchev–Trinajstić information content (AvgIpc) is 3.05. The van der Waals surface area contributed by atoms with E-state index in [-0.39, 0.29) is 11.5 Å². The molecule has 4 rings (SSSR count). The molecule has 2 saturated heterocycles. The smallest absolute Gasteiger partial charge is 0.267 e. The van der Waals surface area contributed by atoms with Crippen LogP contribution in [0.2, 0.25) is 0 Å². The molecule has 7 nitrogen and oxygen atoms in total. The monoisotopic (exact) mass is 500 g/mol. The van der Waals surface area contributed by atoms with Crippen molar-refractivity contribution < 1.29 is 9.53 Å². The van der Waals surface area contributed by atoms with E-state index in [1.807, 2.05) is 26.0 Å². The zero-order valence-electron chi connectivity index (χ0n) is 20.2. The summed E-state index contributed by atoms with van der Waals surface area (Å²) in [5, 5.41) is 0. The summed E-state index contributed by atoms with van der Waals surface area (Å²) in [6.07, 6.45) is 5.36. The van der Waals surface area contributed by atoms with Crippen LogP contribution in [-0.2, 0) is 9.53 Å². The predicted octanol–water partition coefficient (Wildman–Crippen LogP) is 4.11. The minimum Gasteiger partial charge on any atom is -0.382 e. The molecular weight excluding hydrogens is 468 g/mol. The van der Waals surface area contributed by atoms with Crippen molar-refractivity contribution in [3.63, 3.8) is 0 Å². The standard InChI is InChI=1S/C25H32N4O3S2/c1-5-32-10-6-9-28-24(31)20(34-25(28)33)12-19-22(27-13-17(3)11-18(4)14-27)26-21-8-7-16(2)15-29(21)23(19)30/h7-8,12,15,17-18H,5-6,9-11,13-14H2,1-4H3. The van der Waals surface area contributed by atoms with Gasteiger partial charge in [0.25, 0.3) is 11.5 Å². The fourth-order valence-corrected chi connectivity index (χ4v) is 6.03. The van der Waals surface area contributed by atoms with E-state index in [0.717, 1.165) is 25.1 Å². The van der Waals surface area contributed by atoms with Crippen molar-refractivity contribution >= 4 is 51.7 Å². The molecule has 2 unspecified atom stereocenters. The number of anilines is 1. The maximum atomic E-state index is 13.7. The number of hydrogen-bond acceptors (Lipinski definition) is 7. The van der Waals surface area contributed by atoms with Crippen molar-refractivity contribution in [2.75, 3.05) is 37.7 Å². The maximum absolute atomic E-state index is 13.7. The number of aromatic nitrogens is 2. The summed E-state index contributed by atoms with van der Waals surface area (Å²) in [4.78, 5) is 36.0. The second kappa shape index (κ2) is 10.6. The van der Waals surface area contributed by atoms with Crippen LogP contribution in [0, 0.1) is 18.8 Å². The van der Waals surface area contributed by atoms with Crippen molar-refractivity contribution in [2.24, 2.45) is 11.8 Å². The Balaban J connectivity index is 1.75. The highest BCUT2D eigenvalue weighted by Crippen LogP contribution is 2.34. The lowest BCUT2D eigenvalue weighted by Gasteiger charge is -2.36. The minimum atomic E-state index is -0.170. The SMILES string of the molecule is CCOCCCN1C(=O)C(=Cc2c(N3CC(C)CC(C)C3)nc3ccc(C)cn3c2=O)SC1=S.